The zero-order chi connectivity index (χ0) is 9.71. The summed E-state index contributed by atoms with van der Waals surface area (Å²) < 4.78 is 0. The van der Waals surface area contributed by atoms with Gasteiger partial charge in [0.25, 0.3) is 0 Å². The third-order valence-corrected chi connectivity index (χ3v) is 4.55. The predicted octanol–water partition coefficient (Wildman–Crippen LogP) is 2.60. The van der Waals surface area contributed by atoms with Gasteiger partial charge in [-0.25, -0.2) is 4.98 Å². The molecule has 0 spiro atoms. The Morgan fingerprint density at radius 3 is 2.71 bits per heavy atom. The highest BCUT2D eigenvalue weighted by Crippen LogP contribution is 2.51. The molecule has 2 atom stereocenters. The Morgan fingerprint density at radius 2 is 2.21 bits per heavy atom. The van der Waals surface area contributed by atoms with Crippen molar-refractivity contribution in [3.63, 3.8) is 0 Å². The Bertz CT molecular complexity index is 354. The van der Waals surface area contributed by atoms with Crippen LogP contribution in [0.3, 0.4) is 0 Å². The van der Waals surface area contributed by atoms with Crippen molar-refractivity contribution in [2.75, 3.05) is 0 Å². The van der Waals surface area contributed by atoms with Crippen molar-refractivity contribution in [2.45, 2.75) is 44.6 Å². The molecule has 2 nitrogen and oxygen atoms in total. The van der Waals surface area contributed by atoms with Crippen molar-refractivity contribution in [2.24, 2.45) is 11.7 Å². The molecule has 2 aliphatic carbocycles. The van der Waals surface area contributed by atoms with Crippen LogP contribution in [0, 0.1) is 5.92 Å². The van der Waals surface area contributed by atoms with Crippen LogP contribution in [-0.4, -0.2) is 4.98 Å². The van der Waals surface area contributed by atoms with Gasteiger partial charge in [0.1, 0.15) is 0 Å². The van der Waals surface area contributed by atoms with Gasteiger partial charge in [-0.15, -0.1) is 11.3 Å². The molecular formula is C11H16N2S. The normalized spacial score (nSPS) is 30.7. The third kappa shape index (κ3) is 1.39. The lowest BCUT2D eigenvalue weighted by molar-refractivity contribution is 0.887. The van der Waals surface area contributed by atoms with Crippen molar-refractivity contribution >= 4 is 11.3 Å². The fraction of sp³-hybridized carbons (Fsp3) is 0.727. The van der Waals surface area contributed by atoms with E-state index >= 15 is 0 Å². The third-order valence-electron chi connectivity index (χ3n) is 3.32. The number of hydrogen-bond acceptors (Lipinski definition) is 3. The van der Waals surface area contributed by atoms with Gasteiger partial charge in [-0.3, -0.25) is 0 Å². The molecule has 2 N–H and O–H groups in total. The van der Waals surface area contributed by atoms with Crippen LogP contribution in [0.15, 0.2) is 0 Å². The molecule has 0 aliphatic heterocycles. The second-order valence-corrected chi connectivity index (χ2v) is 5.77. The van der Waals surface area contributed by atoms with Gasteiger partial charge in [0.2, 0.25) is 0 Å². The quantitative estimate of drug-likeness (QED) is 0.829. The van der Waals surface area contributed by atoms with E-state index in [4.69, 9.17) is 10.7 Å². The minimum atomic E-state index is 0.685. The van der Waals surface area contributed by atoms with E-state index in [2.05, 4.69) is 6.92 Å². The van der Waals surface area contributed by atoms with Crippen molar-refractivity contribution in [1.29, 1.82) is 0 Å². The van der Waals surface area contributed by atoms with Gasteiger partial charge in [-0.2, -0.15) is 0 Å². The van der Waals surface area contributed by atoms with Crippen LogP contribution in [0.2, 0.25) is 0 Å². The molecule has 1 aromatic rings. The summed E-state index contributed by atoms with van der Waals surface area (Å²) in [6, 6.07) is 0. The number of hydrogen-bond donors (Lipinski definition) is 1. The van der Waals surface area contributed by atoms with E-state index in [9.17, 15) is 0 Å². The fourth-order valence-corrected chi connectivity index (χ4v) is 3.31. The average molecular weight is 208 g/mol. The maximum absolute atomic E-state index is 5.76. The van der Waals surface area contributed by atoms with Gasteiger partial charge in [0, 0.05) is 23.3 Å². The summed E-state index contributed by atoms with van der Waals surface area (Å²) >= 11 is 1.87. The highest BCUT2D eigenvalue weighted by atomic mass is 32.1. The highest BCUT2D eigenvalue weighted by molar-refractivity contribution is 7.11. The molecule has 76 valence electrons. The maximum atomic E-state index is 5.76. The fourth-order valence-electron chi connectivity index (χ4n) is 2.03. The van der Waals surface area contributed by atoms with Gasteiger partial charge < -0.3 is 5.73 Å². The lowest BCUT2D eigenvalue weighted by atomic mass is 10.2. The molecule has 2 saturated carbocycles. The van der Waals surface area contributed by atoms with Crippen LogP contribution in [0.1, 0.15) is 53.6 Å². The lowest BCUT2D eigenvalue weighted by Gasteiger charge is -1.93. The van der Waals surface area contributed by atoms with Crippen molar-refractivity contribution in [1.82, 2.24) is 4.98 Å². The molecule has 3 rings (SSSR count). The largest absolute Gasteiger partial charge is 0.326 e. The molecule has 3 heteroatoms. The molecular weight excluding hydrogens is 192 g/mol. The van der Waals surface area contributed by atoms with Gasteiger partial charge in [-0.05, 0) is 25.2 Å². The molecule has 0 amide bonds. The molecule has 1 heterocycles. The number of nitrogens with zero attached hydrogens (tertiary/aromatic N) is 1. The zero-order valence-corrected chi connectivity index (χ0v) is 9.31. The maximum Gasteiger partial charge on any atom is 0.0965 e. The average Bonchev–Trinajstić information content (AvgIpc) is 3.08. The standard InChI is InChI=1S/C11H16N2S/c1-6-4-8(6)11-13-10(7-2-3-7)9(5-12)14-11/h6-8H,2-5,12H2,1H3. The van der Waals surface area contributed by atoms with Crippen LogP contribution >= 0.6 is 11.3 Å². The van der Waals surface area contributed by atoms with Crippen molar-refractivity contribution in [3.05, 3.63) is 15.6 Å². The smallest absolute Gasteiger partial charge is 0.0965 e. The summed E-state index contributed by atoms with van der Waals surface area (Å²) in [4.78, 5) is 6.14. The summed E-state index contributed by atoms with van der Waals surface area (Å²) in [5.74, 6) is 2.38. The molecule has 0 saturated heterocycles. The molecule has 0 aromatic carbocycles. The summed E-state index contributed by atoms with van der Waals surface area (Å²) in [7, 11) is 0. The molecule has 0 radical (unpaired) electrons. The van der Waals surface area contributed by atoms with Gasteiger partial charge >= 0.3 is 0 Å². The number of rotatable bonds is 3. The van der Waals surface area contributed by atoms with E-state index in [0.717, 1.165) is 17.8 Å². The first-order valence-electron chi connectivity index (χ1n) is 5.49. The van der Waals surface area contributed by atoms with E-state index in [1.165, 1.54) is 34.8 Å². The Hall–Kier alpha value is -0.410. The Kier molecular flexibility index (Phi) is 1.92. The van der Waals surface area contributed by atoms with Crippen LogP contribution in [0.25, 0.3) is 0 Å². The van der Waals surface area contributed by atoms with E-state index in [1.807, 2.05) is 11.3 Å². The Labute approximate surface area is 88.5 Å². The first-order valence-corrected chi connectivity index (χ1v) is 6.30. The summed E-state index contributed by atoms with van der Waals surface area (Å²) in [5.41, 5.74) is 7.09. The monoisotopic (exact) mass is 208 g/mol. The van der Waals surface area contributed by atoms with Crippen LogP contribution in [0.5, 0.6) is 0 Å². The SMILES string of the molecule is CC1CC1c1nc(C2CC2)c(CN)s1. The van der Waals surface area contributed by atoms with Crippen LogP contribution in [0.4, 0.5) is 0 Å². The van der Waals surface area contributed by atoms with Gasteiger partial charge in [0.15, 0.2) is 0 Å². The molecule has 2 unspecified atom stereocenters. The molecule has 0 bridgehead atoms. The predicted molar refractivity (Wildman–Crippen MR) is 58.5 cm³/mol. The van der Waals surface area contributed by atoms with Crippen molar-refractivity contribution in [3.8, 4) is 0 Å². The Morgan fingerprint density at radius 1 is 1.50 bits per heavy atom. The van der Waals surface area contributed by atoms with E-state index in [1.54, 1.807) is 0 Å². The topological polar surface area (TPSA) is 38.9 Å². The molecule has 2 aliphatic rings. The second-order valence-electron chi connectivity index (χ2n) is 4.66. The Balaban J connectivity index is 1.90. The minimum Gasteiger partial charge on any atom is -0.326 e. The molecule has 1 aromatic heterocycles. The molecule has 2 fully saturated rings. The summed E-state index contributed by atoms with van der Waals surface area (Å²) in [5, 5.41) is 1.36. The zero-order valence-electron chi connectivity index (χ0n) is 8.49. The van der Waals surface area contributed by atoms with E-state index in [0.29, 0.717) is 6.54 Å². The second kappa shape index (κ2) is 3.04. The van der Waals surface area contributed by atoms with Gasteiger partial charge in [-0.1, -0.05) is 6.92 Å². The van der Waals surface area contributed by atoms with Crippen LogP contribution < -0.4 is 5.73 Å². The highest BCUT2D eigenvalue weighted by Gasteiger charge is 2.38. The van der Waals surface area contributed by atoms with E-state index in [-0.39, 0.29) is 0 Å². The summed E-state index contributed by atoms with van der Waals surface area (Å²) in [6.07, 6.45) is 3.99. The lowest BCUT2D eigenvalue weighted by Crippen LogP contribution is -1.96. The van der Waals surface area contributed by atoms with Crippen molar-refractivity contribution < 1.29 is 0 Å². The first-order chi connectivity index (χ1) is 6.79. The number of aromatic nitrogens is 1. The molecule has 14 heavy (non-hydrogen) atoms. The summed E-state index contributed by atoms with van der Waals surface area (Å²) in [6.45, 7) is 3.00. The number of nitrogens with two attached hydrogens (primary N) is 1. The minimum absolute atomic E-state index is 0.685. The van der Waals surface area contributed by atoms with Gasteiger partial charge in [0.05, 0.1) is 10.7 Å². The number of thiazole rings is 1. The first kappa shape index (κ1) is 8.86. The van der Waals surface area contributed by atoms with Crippen LogP contribution in [-0.2, 0) is 6.54 Å². The van der Waals surface area contributed by atoms with E-state index < -0.39 is 0 Å².